The third-order valence-electron chi connectivity index (χ3n) is 1.64. The molecule has 1 heterocycles. The Morgan fingerprint density at radius 3 is 3.06 bits per heavy atom. The van der Waals surface area contributed by atoms with E-state index in [4.69, 9.17) is 17.3 Å². The third-order valence-corrected chi connectivity index (χ3v) is 1.82. The van der Waals surface area contributed by atoms with Crippen LogP contribution in [0, 0.1) is 11.8 Å². The molecule has 0 atom stereocenters. The first-order chi connectivity index (χ1) is 7.59. The fourth-order valence-electron chi connectivity index (χ4n) is 0.936. The molecule has 84 valence electrons. The van der Waals surface area contributed by atoms with E-state index in [0.29, 0.717) is 18.5 Å². The Bertz CT molecular complexity index is 450. The standard InChI is InChI=1S/C10H11ClN4O/c1-7(16)13-5-3-2-4-8-6-9(11)14-15-10(8)12/h6H,3,5H2,1H3,(H2,12,15)(H,13,16). The Hall–Kier alpha value is -1.80. The van der Waals surface area contributed by atoms with Crippen LogP contribution >= 0.6 is 11.6 Å². The van der Waals surface area contributed by atoms with E-state index >= 15 is 0 Å². The fourth-order valence-corrected chi connectivity index (χ4v) is 1.08. The minimum absolute atomic E-state index is 0.0741. The first kappa shape index (κ1) is 12.3. The molecular weight excluding hydrogens is 228 g/mol. The summed E-state index contributed by atoms with van der Waals surface area (Å²) in [5, 5.41) is 10.1. The van der Waals surface area contributed by atoms with Crippen molar-refractivity contribution in [3.8, 4) is 11.8 Å². The van der Waals surface area contributed by atoms with Gasteiger partial charge in [-0.25, -0.2) is 0 Å². The number of rotatable bonds is 2. The van der Waals surface area contributed by atoms with Crippen molar-refractivity contribution < 1.29 is 4.79 Å². The number of anilines is 1. The number of nitrogens with zero attached hydrogens (tertiary/aromatic N) is 2. The monoisotopic (exact) mass is 238 g/mol. The van der Waals surface area contributed by atoms with Gasteiger partial charge in [-0.15, -0.1) is 10.2 Å². The number of hydrogen-bond acceptors (Lipinski definition) is 4. The molecule has 0 aliphatic heterocycles. The molecule has 1 aromatic rings. The van der Waals surface area contributed by atoms with Crippen LogP contribution in [0.2, 0.25) is 5.15 Å². The van der Waals surface area contributed by atoms with Crippen LogP contribution in [0.3, 0.4) is 0 Å². The normalized spacial score (nSPS) is 9.12. The molecule has 3 N–H and O–H groups in total. The lowest BCUT2D eigenvalue weighted by atomic mass is 10.2. The molecule has 6 heteroatoms. The fraction of sp³-hybridized carbons (Fsp3) is 0.300. The van der Waals surface area contributed by atoms with Crippen molar-refractivity contribution >= 4 is 23.3 Å². The highest BCUT2D eigenvalue weighted by molar-refractivity contribution is 6.29. The molecule has 1 aromatic heterocycles. The quantitative estimate of drug-likeness (QED) is 0.584. The Morgan fingerprint density at radius 1 is 1.62 bits per heavy atom. The number of carbonyl (C=O) groups is 1. The van der Waals surface area contributed by atoms with Gasteiger partial charge in [-0.3, -0.25) is 4.79 Å². The highest BCUT2D eigenvalue weighted by Gasteiger charge is 1.98. The predicted molar refractivity (Wildman–Crippen MR) is 61.6 cm³/mol. The van der Waals surface area contributed by atoms with Gasteiger partial charge in [0, 0.05) is 19.9 Å². The van der Waals surface area contributed by atoms with Gasteiger partial charge in [-0.05, 0) is 6.07 Å². The average molecular weight is 239 g/mol. The number of nitrogens with two attached hydrogens (primary N) is 1. The van der Waals surface area contributed by atoms with Crippen molar-refractivity contribution in [3.05, 3.63) is 16.8 Å². The van der Waals surface area contributed by atoms with Gasteiger partial charge in [-0.2, -0.15) is 0 Å². The summed E-state index contributed by atoms with van der Waals surface area (Å²) < 4.78 is 0. The van der Waals surface area contributed by atoms with E-state index in [1.165, 1.54) is 6.92 Å². The zero-order valence-corrected chi connectivity index (χ0v) is 9.51. The third kappa shape index (κ3) is 4.15. The lowest BCUT2D eigenvalue weighted by Crippen LogP contribution is -2.20. The van der Waals surface area contributed by atoms with Crippen LogP contribution in [0.15, 0.2) is 6.07 Å². The van der Waals surface area contributed by atoms with Gasteiger partial charge < -0.3 is 11.1 Å². The minimum Gasteiger partial charge on any atom is -0.381 e. The van der Waals surface area contributed by atoms with E-state index in [1.807, 2.05) is 0 Å². The summed E-state index contributed by atoms with van der Waals surface area (Å²) in [4.78, 5) is 10.6. The Labute approximate surface area is 98.4 Å². The van der Waals surface area contributed by atoms with Gasteiger partial charge in [-0.1, -0.05) is 23.4 Å². The molecule has 1 amide bonds. The van der Waals surface area contributed by atoms with Crippen LogP contribution < -0.4 is 11.1 Å². The molecule has 0 saturated carbocycles. The second kappa shape index (κ2) is 5.93. The second-order valence-electron chi connectivity index (χ2n) is 3.00. The van der Waals surface area contributed by atoms with Crippen molar-refractivity contribution in [2.75, 3.05) is 12.3 Å². The number of amides is 1. The molecule has 0 radical (unpaired) electrons. The summed E-state index contributed by atoms with van der Waals surface area (Å²) in [6, 6.07) is 1.55. The van der Waals surface area contributed by atoms with Gasteiger partial charge in [0.15, 0.2) is 11.0 Å². The highest BCUT2D eigenvalue weighted by Crippen LogP contribution is 2.10. The summed E-state index contributed by atoms with van der Waals surface area (Å²) >= 11 is 5.64. The Morgan fingerprint density at radius 2 is 2.38 bits per heavy atom. The number of nitrogens with one attached hydrogen (secondary N) is 1. The lowest BCUT2D eigenvalue weighted by Gasteiger charge is -1.96. The molecule has 0 saturated heterocycles. The smallest absolute Gasteiger partial charge is 0.216 e. The zero-order chi connectivity index (χ0) is 12.0. The molecule has 0 spiro atoms. The molecule has 16 heavy (non-hydrogen) atoms. The molecule has 0 aliphatic rings. The Balaban J connectivity index is 2.56. The predicted octanol–water partition coefficient (Wildman–Crippen LogP) is 0.590. The van der Waals surface area contributed by atoms with Crippen LogP contribution in [0.5, 0.6) is 0 Å². The maximum absolute atomic E-state index is 10.6. The molecule has 0 aromatic carbocycles. The SMILES string of the molecule is CC(=O)NCCC#Cc1cc(Cl)nnc1N. The summed E-state index contributed by atoms with van der Waals surface area (Å²) in [5.74, 6) is 5.84. The van der Waals surface area contributed by atoms with Crippen LogP contribution in [0.4, 0.5) is 5.82 Å². The highest BCUT2D eigenvalue weighted by atomic mass is 35.5. The van der Waals surface area contributed by atoms with Crippen molar-refractivity contribution in [3.63, 3.8) is 0 Å². The minimum atomic E-state index is -0.0741. The molecule has 0 bridgehead atoms. The molecule has 0 fully saturated rings. The van der Waals surface area contributed by atoms with Crippen LogP contribution in [-0.2, 0) is 4.79 Å². The second-order valence-corrected chi connectivity index (χ2v) is 3.39. The summed E-state index contributed by atoms with van der Waals surface area (Å²) in [6.45, 7) is 1.96. The molecule has 1 rings (SSSR count). The zero-order valence-electron chi connectivity index (χ0n) is 8.75. The van der Waals surface area contributed by atoms with Crippen molar-refractivity contribution in [2.45, 2.75) is 13.3 Å². The van der Waals surface area contributed by atoms with Crippen molar-refractivity contribution in [2.24, 2.45) is 0 Å². The first-order valence-electron chi connectivity index (χ1n) is 4.61. The average Bonchev–Trinajstić information content (AvgIpc) is 2.22. The topological polar surface area (TPSA) is 80.9 Å². The number of aromatic nitrogens is 2. The van der Waals surface area contributed by atoms with Crippen molar-refractivity contribution in [1.82, 2.24) is 15.5 Å². The maximum atomic E-state index is 10.6. The number of carbonyl (C=O) groups excluding carboxylic acids is 1. The van der Waals surface area contributed by atoms with Crippen molar-refractivity contribution in [1.29, 1.82) is 0 Å². The van der Waals surface area contributed by atoms with E-state index < -0.39 is 0 Å². The van der Waals surface area contributed by atoms with Gasteiger partial charge in [0.05, 0.1) is 5.56 Å². The van der Waals surface area contributed by atoms with Crippen LogP contribution in [-0.4, -0.2) is 22.6 Å². The van der Waals surface area contributed by atoms with E-state index in [9.17, 15) is 4.79 Å². The van der Waals surface area contributed by atoms with Crippen LogP contribution in [0.25, 0.3) is 0 Å². The number of halogens is 1. The molecule has 0 aliphatic carbocycles. The summed E-state index contributed by atoms with van der Waals surface area (Å²) in [6.07, 6.45) is 0.541. The largest absolute Gasteiger partial charge is 0.381 e. The number of nitrogen functional groups attached to an aromatic ring is 1. The summed E-state index contributed by atoms with van der Waals surface area (Å²) in [5.41, 5.74) is 6.09. The number of hydrogen-bond donors (Lipinski definition) is 2. The van der Waals surface area contributed by atoms with E-state index in [2.05, 4.69) is 27.4 Å². The Kier molecular flexibility index (Phi) is 4.55. The van der Waals surface area contributed by atoms with E-state index in [-0.39, 0.29) is 16.9 Å². The van der Waals surface area contributed by atoms with E-state index in [1.54, 1.807) is 6.07 Å². The maximum Gasteiger partial charge on any atom is 0.216 e. The molecule has 0 unspecified atom stereocenters. The first-order valence-corrected chi connectivity index (χ1v) is 4.99. The van der Waals surface area contributed by atoms with Gasteiger partial charge >= 0.3 is 0 Å². The van der Waals surface area contributed by atoms with Gasteiger partial charge in [0.25, 0.3) is 0 Å². The molecule has 5 nitrogen and oxygen atoms in total. The lowest BCUT2D eigenvalue weighted by molar-refractivity contribution is -0.118. The van der Waals surface area contributed by atoms with Gasteiger partial charge in [0.2, 0.25) is 5.91 Å². The van der Waals surface area contributed by atoms with Crippen LogP contribution in [0.1, 0.15) is 18.9 Å². The van der Waals surface area contributed by atoms with E-state index in [0.717, 1.165) is 0 Å². The van der Waals surface area contributed by atoms with Gasteiger partial charge in [0.1, 0.15) is 0 Å². The summed E-state index contributed by atoms with van der Waals surface area (Å²) in [7, 11) is 0. The molecular formula is C10H11ClN4O.